The number of nitrogens with one attached hydrogen (secondary N) is 1. The molecule has 19 heavy (non-hydrogen) atoms. The zero-order valence-electron chi connectivity index (χ0n) is 10.5. The molecule has 0 radical (unpaired) electrons. The van der Waals surface area contributed by atoms with Gasteiger partial charge in [0.15, 0.2) is 0 Å². The first-order valence-corrected chi connectivity index (χ1v) is 6.26. The Morgan fingerprint density at radius 2 is 1.89 bits per heavy atom. The summed E-state index contributed by atoms with van der Waals surface area (Å²) in [5.74, 6) is -1.02. The smallest absolute Gasteiger partial charge is 0.337 e. The zero-order valence-corrected chi connectivity index (χ0v) is 11.2. The molecule has 0 spiro atoms. The van der Waals surface area contributed by atoms with Crippen LogP contribution in [0.2, 0.25) is 5.02 Å². The molecule has 2 N–H and O–H groups in total. The summed E-state index contributed by atoms with van der Waals surface area (Å²) in [6.07, 6.45) is 0. The summed E-state index contributed by atoms with van der Waals surface area (Å²) >= 11 is 5.91. The van der Waals surface area contributed by atoms with Crippen molar-refractivity contribution in [3.05, 3.63) is 64.2 Å². The molecule has 4 heteroatoms. The van der Waals surface area contributed by atoms with Gasteiger partial charge in [0.05, 0.1) is 10.6 Å². The first kappa shape index (κ1) is 13.4. The lowest BCUT2D eigenvalue weighted by Gasteiger charge is -2.08. The number of aryl methyl sites for hydroxylation is 1. The van der Waals surface area contributed by atoms with Crippen molar-refractivity contribution in [3.8, 4) is 0 Å². The van der Waals surface area contributed by atoms with Crippen LogP contribution < -0.4 is 5.32 Å². The van der Waals surface area contributed by atoms with Crippen molar-refractivity contribution in [1.82, 2.24) is 0 Å². The van der Waals surface area contributed by atoms with Crippen molar-refractivity contribution in [2.75, 3.05) is 5.32 Å². The maximum Gasteiger partial charge on any atom is 0.337 e. The van der Waals surface area contributed by atoms with Gasteiger partial charge in [-0.2, -0.15) is 0 Å². The largest absolute Gasteiger partial charge is 0.478 e. The predicted octanol–water partition coefficient (Wildman–Crippen LogP) is 3.96. The van der Waals surface area contributed by atoms with E-state index < -0.39 is 5.97 Å². The molecule has 0 atom stereocenters. The average Bonchev–Trinajstić information content (AvgIpc) is 2.37. The number of carbonyl (C=O) groups is 1. The Labute approximate surface area is 116 Å². The van der Waals surface area contributed by atoms with Crippen LogP contribution in [0.4, 0.5) is 5.69 Å². The highest BCUT2D eigenvalue weighted by Gasteiger charge is 2.08. The molecule has 2 rings (SSSR count). The van der Waals surface area contributed by atoms with Crippen molar-refractivity contribution in [2.45, 2.75) is 13.5 Å². The Hall–Kier alpha value is -2.00. The minimum Gasteiger partial charge on any atom is -0.478 e. The molecule has 2 aromatic carbocycles. The van der Waals surface area contributed by atoms with Crippen molar-refractivity contribution in [2.24, 2.45) is 0 Å². The van der Waals surface area contributed by atoms with Crippen LogP contribution in [-0.2, 0) is 6.54 Å². The summed E-state index contributed by atoms with van der Waals surface area (Å²) in [4.78, 5) is 10.8. The fraction of sp³-hybridized carbons (Fsp3) is 0.133. The highest BCUT2D eigenvalue weighted by atomic mass is 35.5. The summed E-state index contributed by atoms with van der Waals surface area (Å²) in [5, 5.41) is 12.3. The molecule has 0 aliphatic carbocycles. The van der Waals surface area contributed by atoms with E-state index in [0.717, 1.165) is 11.3 Å². The quantitative estimate of drug-likeness (QED) is 0.888. The van der Waals surface area contributed by atoms with Crippen LogP contribution in [0.1, 0.15) is 21.5 Å². The Bertz CT molecular complexity index is 594. The van der Waals surface area contributed by atoms with Crippen LogP contribution in [0.25, 0.3) is 0 Å². The number of rotatable bonds is 4. The van der Waals surface area contributed by atoms with E-state index in [0.29, 0.717) is 6.54 Å². The van der Waals surface area contributed by atoms with Gasteiger partial charge in [0.25, 0.3) is 0 Å². The molecular formula is C15H14ClNO2. The van der Waals surface area contributed by atoms with Crippen molar-refractivity contribution >= 4 is 23.3 Å². The first-order chi connectivity index (χ1) is 9.06. The normalized spacial score (nSPS) is 10.2. The monoisotopic (exact) mass is 275 g/mol. The third-order valence-corrected chi connectivity index (χ3v) is 3.13. The molecule has 0 saturated heterocycles. The van der Waals surface area contributed by atoms with E-state index in [4.69, 9.17) is 16.7 Å². The Morgan fingerprint density at radius 3 is 2.47 bits per heavy atom. The molecule has 0 saturated carbocycles. The van der Waals surface area contributed by atoms with Crippen LogP contribution in [-0.4, -0.2) is 11.1 Å². The lowest BCUT2D eigenvalue weighted by molar-refractivity contribution is 0.0697. The summed E-state index contributed by atoms with van der Waals surface area (Å²) in [7, 11) is 0. The molecule has 0 unspecified atom stereocenters. The lowest BCUT2D eigenvalue weighted by Crippen LogP contribution is -2.01. The highest BCUT2D eigenvalue weighted by molar-refractivity contribution is 6.33. The number of hydrogen-bond donors (Lipinski definition) is 2. The van der Waals surface area contributed by atoms with E-state index in [1.165, 1.54) is 11.6 Å². The fourth-order valence-electron chi connectivity index (χ4n) is 1.71. The lowest BCUT2D eigenvalue weighted by atomic mass is 10.1. The van der Waals surface area contributed by atoms with Gasteiger partial charge in [0.1, 0.15) is 0 Å². The molecule has 0 aromatic heterocycles. The number of anilines is 1. The van der Waals surface area contributed by atoms with Crippen LogP contribution in [0.15, 0.2) is 42.5 Å². The zero-order chi connectivity index (χ0) is 13.8. The van der Waals surface area contributed by atoms with Crippen molar-refractivity contribution in [3.63, 3.8) is 0 Å². The minimum atomic E-state index is -1.02. The van der Waals surface area contributed by atoms with Crippen molar-refractivity contribution < 1.29 is 9.90 Å². The maximum absolute atomic E-state index is 10.8. The number of carboxylic acid groups (broad SMARTS) is 1. The van der Waals surface area contributed by atoms with Gasteiger partial charge in [0, 0.05) is 12.2 Å². The van der Waals surface area contributed by atoms with E-state index in [2.05, 4.69) is 29.6 Å². The second kappa shape index (κ2) is 5.76. The molecule has 2 aromatic rings. The predicted molar refractivity (Wildman–Crippen MR) is 76.9 cm³/mol. The molecule has 0 aliphatic heterocycles. The third kappa shape index (κ3) is 3.48. The Morgan fingerprint density at radius 1 is 1.21 bits per heavy atom. The minimum absolute atomic E-state index is 0.113. The summed E-state index contributed by atoms with van der Waals surface area (Å²) in [6, 6.07) is 13.0. The van der Waals surface area contributed by atoms with Gasteiger partial charge in [-0.05, 0) is 30.7 Å². The fourth-order valence-corrected chi connectivity index (χ4v) is 1.97. The highest BCUT2D eigenvalue weighted by Crippen LogP contribution is 2.21. The van der Waals surface area contributed by atoms with Gasteiger partial charge in [-0.25, -0.2) is 4.79 Å². The Kier molecular flexibility index (Phi) is 4.07. The van der Waals surface area contributed by atoms with E-state index in [1.807, 2.05) is 6.92 Å². The molecule has 0 heterocycles. The number of carboxylic acids is 1. The van der Waals surface area contributed by atoms with Crippen LogP contribution >= 0.6 is 11.6 Å². The van der Waals surface area contributed by atoms with Crippen molar-refractivity contribution in [1.29, 1.82) is 0 Å². The SMILES string of the molecule is Cc1ccc(CNc2ccc(C(=O)O)c(Cl)c2)cc1. The number of halogens is 1. The van der Waals surface area contributed by atoms with Gasteiger partial charge in [0.2, 0.25) is 0 Å². The maximum atomic E-state index is 10.8. The molecule has 0 amide bonds. The van der Waals surface area contributed by atoms with Crippen LogP contribution in [0.3, 0.4) is 0 Å². The van der Waals surface area contributed by atoms with Gasteiger partial charge in [-0.15, -0.1) is 0 Å². The second-order valence-electron chi connectivity index (χ2n) is 4.34. The Balaban J connectivity index is 2.06. The third-order valence-electron chi connectivity index (χ3n) is 2.82. The van der Waals surface area contributed by atoms with E-state index in [-0.39, 0.29) is 10.6 Å². The van der Waals surface area contributed by atoms with E-state index >= 15 is 0 Å². The average molecular weight is 276 g/mol. The molecule has 98 valence electrons. The number of benzene rings is 2. The van der Waals surface area contributed by atoms with Gasteiger partial charge < -0.3 is 10.4 Å². The summed E-state index contributed by atoms with van der Waals surface area (Å²) in [5.41, 5.74) is 3.29. The molecule has 0 aliphatic rings. The molecular weight excluding hydrogens is 262 g/mol. The molecule has 3 nitrogen and oxygen atoms in total. The number of aromatic carboxylic acids is 1. The molecule has 0 bridgehead atoms. The summed E-state index contributed by atoms with van der Waals surface area (Å²) < 4.78 is 0. The first-order valence-electron chi connectivity index (χ1n) is 5.88. The topological polar surface area (TPSA) is 49.3 Å². The van der Waals surface area contributed by atoms with Crippen LogP contribution in [0.5, 0.6) is 0 Å². The second-order valence-corrected chi connectivity index (χ2v) is 4.75. The molecule has 0 fully saturated rings. The summed E-state index contributed by atoms with van der Waals surface area (Å²) in [6.45, 7) is 2.71. The van der Waals surface area contributed by atoms with Gasteiger partial charge >= 0.3 is 5.97 Å². The van der Waals surface area contributed by atoms with Gasteiger partial charge in [-0.3, -0.25) is 0 Å². The standard InChI is InChI=1S/C15H14ClNO2/c1-10-2-4-11(5-3-10)9-17-12-6-7-13(15(18)19)14(16)8-12/h2-8,17H,9H2,1H3,(H,18,19). The van der Waals surface area contributed by atoms with E-state index in [9.17, 15) is 4.79 Å². The number of hydrogen-bond acceptors (Lipinski definition) is 2. The van der Waals surface area contributed by atoms with E-state index in [1.54, 1.807) is 12.1 Å². The van der Waals surface area contributed by atoms with Gasteiger partial charge in [-0.1, -0.05) is 41.4 Å². The van der Waals surface area contributed by atoms with Crippen LogP contribution in [0, 0.1) is 6.92 Å².